The van der Waals surface area contributed by atoms with E-state index in [0.29, 0.717) is 18.8 Å². The Labute approximate surface area is 154 Å². The highest BCUT2D eigenvalue weighted by molar-refractivity contribution is 7.22. The quantitative estimate of drug-likeness (QED) is 0.656. The van der Waals surface area contributed by atoms with Crippen LogP contribution in [0.25, 0.3) is 10.2 Å². The summed E-state index contributed by atoms with van der Waals surface area (Å²) >= 11 is 1.63. The van der Waals surface area contributed by atoms with Crippen LogP contribution in [0.2, 0.25) is 0 Å². The second kappa shape index (κ2) is 5.64. The third kappa shape index (κ3) is 2.18. The Morgan fingerprint density at radius 2 is 1.65 bits per heavy atom. The number of anilines is 2. The number of para-hydroxylation sites is 2. The molecule has 2 aliphatic heterocycles. The standard InChI is InChI=1S/C20H17N3O2S/c1-12-6-5-9-16-17(12)21-20(26-16)22-10-14-15(11-22)19(25)23(18(14)24)13-7-3-2-4-8-13/h2-9,14-15H,10-11H2,1H3. The van der Waals surface area contributed by atoms with Gasteiger partial charge in [0.25, 0.3) is 0 Å². The minimum Gasteiger partial charge on any atom is -0.346 e. The van der Waals surface area contributed by atoms with Gasteiger partial charge in [0.1, 0.15) is 0 Å². The van der Waals surface area contributed by atoms with Crippen molar-refractivity contribution >= 4 is 44.2 Å². The minimum atomic E-state index is -0.282. The number of nitrogens with zero attached hydrogens (tertiary/aromatic N) is 3. The molecule has 26 heavy (non-hydrogen) atoms. The van der Waals surface area contributed by atoms with Gasteiger partial charge in [-0.25, -0.2) is 9.88 Å². The van der Waals surface area contributed by atoms with Crippen molar-refractivity contribution in [2.75, 3.05) is 22.9 Å². The van der Waals surface area contributed by atoms with Crippen molar-refractivity contribution in [1.82, 2.24) is 4.98 Å². The molecule has 2 aromatic carbocycles. The van der Waals surface area contributed by atoms with Crippen LogP contribution in [0, 0.1) is 18.8 Å². The van der Waals surface area contributed by atoms with Gasteiger partial charge in [-0.15, -0.1) is 0 Å². The summed E-state index contributed by atoms with van der Waals surface area (Å²) in [5.41, 5.74) is 2.82. The first-order valence-corrected chi connectivity index (χ1v) is 9.49. The summed E-state index contributed by atoms with van der Waals surface area (Å²) in [5, 5.41) is 0.899. The van der Waals surface area contributed by atoms with Gasteiger partial charge in [-0.3, -0.25) is 9.59 Å². The molecule has 3 aromatic rings. The van der Waals surface area contributed by atoms with Crippen molar-refractivity contribution in [3.8, 4) is 0 Å². The van der Waals surface area contributed by atoms with Gasteiger partial charge < -0.3 is 4.90 Å². The number of carbonyl (C=O) groups is 2. The van der Waals surface area contributed by atoms with Gasteiger partial charge in [-0.1, -0.05) is 41.7 Å². The average Bonchev–Trinajstić information content (AvgIpc) is 3.32. The number of fused-ring (bicyclic) bond motifs is 2. The lowest BCUT2D eigenvalue weighted by Gasteiger charge is -2.20. The smallest absolute Gasteiger partial charge is 0.239 e. The van der Waals surface area contributed by atoms with Crippen LogP contribution in [-0.2, 0) is 9.59 Å². The summed E-state index contributed by atoms with van der Waals surface area (Å²) in [6, 6.07) is 15.3. The Bertz CT molecular complexity index is 1010. The summed E-state index contributed by atoms with van der Waals surface area (Å²) in [7, 11) is 0. The number of carbonyl (C=O) groups excluding carboxylic acids is 2. The van der Waals surface area contributed by atoms with E-state index in [-0.39, 0.29) is 23.7 Å². The molecule has 3 heterocycles. The lowest BCUT2D eigenvalue weighted by atomic mass is 10.00. The molecule has 0 spiro atoms. The average molecular weight is 363 g/mol. The predicted octanol–water partition coefficient (Wildman–Crippen LogP) is 3.23. The zero-order valence-corrected chi connectivity index (χ0v) is 15.1. The maximum Gasteiger partial charge on any atom is 0.239 e. The summed E-state index contributed by atoms with van der Waals surface area (Å²) in [4.78, 5) is 33.9. The Balaban J connectivity index is 1.44. The molecule has 0 radical (unpaired) electrons. The lowest BCUT2D eigenvalue weighted by molar-refractivity contribution is -0.122. The van der Waals surface area contributed by atoms with Crippen LogP contribution < -0.4 is 9.80 Å². The van der Waals surface area contributed by atoms with E-state index in [0.717, 1.165) is 20.9 Å². The molecule has 2 aliphatic rings. The number of hydrogen-bond donors (Lipinski definition) is 0. The van der Waals surface area contributed by atoms with E-state index in [1.807, 2.05) is 36.4 Å². The zero-order valence-electron chi connectivity index (χ0n) is 14.3. The summed E-state index contributed by atoms with van der Waals surface area (Å²) in [6.45, 7) is 3.16. The first-order chi connectivity index (χ1) is 12.6. The predicted molar refractivity (Wildman–Crippen MR) is 102 cm³/mol. The Hall–Kier alpha value is -2.73. The van der Waals surface area contributed by atoms with E-state index < -0.39 is 0 Å². The van der Waals surface area contributed by atoms with Gasteiger partial charge in [0, 0.05) is 13.1 Å². The van der Waals surface area contributed by atoms with Crippen molar-refractivity contribution in [3.63, 3.8) is 0 Å². The third-order valence-corrected chi connectivity index (χ3v) is 6.37. The fourth-order valence-corrected chi connectivity index (χ4v) is 5.00. The Kier molecular flexibility index (Phi) is 3.37. The number of amides is 2. The molecular formula is C20H17N3O2S. The van der Waals surface area contributed by atoms with Gasteiger partial charge in [0.05, 0.1) is 27.7 Å². The molecule has 2 saturated heterocycles. The van der Waals surface area contributed by atoms with Gasteiger partial charge in [0.2, 0.25) is 11.8 Å². The summed E-state index contributed by atoms with van der Waals surface area (Å²) < 4.78 is 1.14. The Morgan fingerprint density at radius 1 is 0.962 bits per heavy atom. The van der Waals surface area contributed by atoms with E-state index in [4.69, 9.17) is 4.98 Å². The molecule has 5 rings (SSSR count). The van der Waals surface area contributed by atoms with E-state index in [1.54, 1.807) is 11.3 Å². The second-order valence-electron chi connectivity index (χ2n) is 6.88. The number of thiazole rings is 1. The number of aromatic nitrogens is 1. The zero-order chi connectivity index (χ0) is 17.8. The normalized spacial score (nSPS) is 22.5. The highest BCUT2D eigenvalue weighted by Gasteiger charge is 2.53. The molecule has 2 atom stereocenters. The Morgan fingerprint density at radius 3 is 2.31 bits per heavy atom. The number of aryl methyl sites for hydroxylation is 1. The van der Waals surface area contributed by atoms with E-state index >= 15 is 0 Å². The van der Waals surface area contributed by atoms with Crippen LogP contribution in [0.15, 0.2) is 48.5 Å². The van der Waals surface area contributed by atoms with Gasteiger partial charge in [-0.2, -0.15) is 0 Å². The van der Waals surface area contributed by atoms with Crippen LogP contribution in [-0.4, -0.2) is 29.9 Å². The molecule has 0 aliphatic carbocycles. The molecule has 5 nitrogen and oxygen atoms in total. The number of hydrogen-bond acceptors (Lipinski definition) is 5. The molecule has 130 valence electrons. The third-order valence-electron chi connectivity index (χ3n) is 5.29. The number of imide groups is 1. The van der Waals surface area contributed by atoms with Crippen LogP contribution in [0.1, 0.15) is 5.56 Å². The molecule has 6 heteroatoms. The molecular weight excluding hydrogens is 346 g/mol. The molecule has 2 fully saturated rings. The van der Waals surface area contributed by atoms with Crippen LogP contribution in [0.5, 0.6) is 0 Å². The van der Waals surface area contributed by atoms with Crippen molar-refractivity contribution in [3.05, 3.63) is 54.1 Å². The molecule has 0 bridgehead atoms. The number of benzene rings is 2. The van der Waals surface area contributed by atoms with Crippen molar-refractivity contribution in [2.45, 2.75) is 6.92 Å². The van der Waals surface area contributed by atoms with Crippen LogP contribution >= 0.6 is 11.3 Å². The van der Waals surface area contributed by atoms with Crippen molar-refractivity contribution in [2.24, 2.45) is 11.8 Å². The lowest BCUT2D eigenvalue weighted by Crippen LogP contribution is -2.36. The first kappa shape index (κ1) is 15.5. The molecule has 0 N–H and O–H groups in total. The van der Waals surface area contributed by atoms with Crippen LogP contribution in [0.4, 0.5) is 10.8 Å². The highest BCUT2D eigenvalue weighted by Crippen LogP contribution is 2.40. The second-order valence-corrected chi connectivity index (χ2v) is 7.89. The fourth-order valence-electron chi connectivity index (χ4n) is 3.94. The molecule has 2 amide bonds. The first-order valence-electron chi connectivity index (χ1n) is 8.67. The number of rotatable bonds is 2. The molecule has 2 unspecified atom stereocenters. The maximum absolute atomic E-state index is 12.9. The molecule has 1 aromatic heterocycles. The summed E-state index contributed by atoms with van der Waals surface area (Å²) in [6.07, 6.45) is 0. The largest absolute Gasteiger partial charge is 0.346 e. The van der Waals surface area contributed by atoms with Crippen LogP contribution in [0.3, 0.4) is 0 Å². The van der Waals surface area contributed by atoms with E-state index in [2.05, 4.69) is 24.0 Å². The van der Waals surface area contributed by atoms with Gasteiger partial charge in [-0.05, 0) is 30.7 Å². The maximum atomic E-state index is 12.9. The van der Waals surface area contributed by atoms with Crippen molar-refractivity contribution < 1.29 is 9.59 Å². The van der Waals surface area contributed by atoms with Gasteiger partial charge >= 0.3 is 0 Å². The molecule has 0 saturated carbocycles. The fraction of sp³-hybridized carbons (Fsp3) is 0.250. The highest BCUT2D eigenvalue weighted by atomic mass is 32.1. The summed E-state index contributed by atoms with van der Waals surface area (Å²) in [5.74, 6) is -0.747. The van der Waals surface area contributed by atoms with Gasteiger partial charge in [0.15, 0.2) is 5.13 Å². The van der Waals surface area contributed by atoms with Crippen molar-refractivity contribution in [1.29, 1.82) is 0 Å². The van der Waals surface area contributed by atoms with E-state index in [9.17, 15) is 9.59 Å². The monoisotopic (exact) mass is 363 g/mol. The topological polar surface area (TPSA) is 53.5 Å². The minimum absolute atomic E-state index is 0.0917. The SMILES string of the molecule is Cc1cccc2sc(N3CC4C(=O)N(c5ccccc5)C(=O)C4C3)nc12. The van der Waals surface area contributed by atoms with E-state index in [1.165, 1.54) is 4.90 Å².